The number of nitrogens with zero attached hydrogens (tertiary/aromatic N) is 2. The first kappa shape index (κ1) is 8.52. The molecule has 0 radical (unpaired) electrons. The lowest BCUT2D eigenvalue weighted by Gasteiger charge is -2.04. The van der Waals surface area contributed by atoms with E-state index in [1.54, 1.807) is 18.3 Å². The molecule has 3 nitrogen and oxygen atoms in total. The van der Waals surface area contributed by atoms with Crippen LogP contribution >= 0.6 is 0 Å². The summed E-state index contributed by atoms with van der Waals surface area (Å²) in [5.74, 6) is -0.0336. The summed E-state index contributed by atoms with van der Waals surface area (Å²) in [7, 11) is 0. The highest BCUT2D eigenvalue weighted by Crippen LogP contribution is 2.28. The smallest absolute Gasteiger partial charge is 0.159 e. The zero-order valence-electron chi connectivity index (χ0n) is 7.65. The molecule has 68 valence electrons. The second-order valence-electron chi connectivity index (χ2n) is 3.10. The summed E-state index contributed by atoms with van der Waals surface area (Å²) >= 11 is 0. The van der Waals surface area contributed by atoms with E-state index in [9.17, 15) is 5.11 Å². The number of aromatic nitrogens is 1. The molecule has 0 aliphatic carbocycles. The van der Waals surface area contributed by atoms with Crippen molar-refractivity contribution in [3.05, 3.63) is 35.5 Å². The van der Waals surface area contributed by atoms with E-state index in [2.05, 4.69) is 4.98 Å². The fourth-order valence-corrected chi connectivity index (χ4v) is 1.49. The quantitative estimate of drug-likeness (QED) is 0.682. The minimum absolute atomic E-state index is 0.0336. The topological polar surface area (TPSA) is 56.9 Å². The van der Waals surface area contributed by atoms with Gasteiger partial charge in [-0.1, -0.05) is 6.07 Å². The monoisotopic (exact) mass is 184 g/mol. The number of aryl methyl sites for hydroxylation is 1. The minimum atomic E-state index is -0.0336. The van der Waals surface area contributed by atoms with Crippen LogP contribution in [0.1, 0.15) is 11.1 Å². The highest BCUT2D eigenvalue weighted by molar-refractivity contribution is 5.89. The van der Waals surface area contributed by atoms with Gasteiger partial charge in [0, 0.05) is 11.6 Å². The molecule has 0 aliphatic heterocycles. The van der Waals surface area contributed by atoms with Crippen LogP contribution in [0.25, 0.3) is 10.9 Å². The van der Waals surface area contributed by atoms with Crippen LogP contribution < -0.4 is 0 Å². The highest BCUT2D eigenvalue weighted by atomic mass is 16.3. The first-order valence-corrected chi connectivity index (χ1v) is 4.21. The second-order valence-corrected chi connectivity index (χ2v) is 3.10. The van der Waals surface area contributed by atoms with Gasteiger partial charge in [-0.25, -0.2) is 0 Å². The van der Waals surface area contributed by atoms with Crippen molar-refractivity contribution in [3.8, 4) is 11.8 Å². The van der Waals surface area contributed by atoms with Crippen LogP contribution in [0.2, 0.25) is 0 Å². The van der Waals surface area contributed by atoms with Gasteiger partial charge in [0.05, 0.1) is 5.56 Å². The maximum atomic E-state index is 9.69. The average molecular weight is 184 g/mol. The van der Waals surface area contributed by atoms with Gasteiger partial charge >= 0.3 is 0 Å². The highest BCUT2D eigenvalue weighted by Gasteiger charge is 2.08. The van der Waals surface area contributed by atoms with Crippen molar-refractivity contribution in [2.75, 3.05) is 0 Å². The van der Waals surface area contributed by atoms with Gasteiger partial charge in [-0.3, -0.25) is 4.98 Å². The van der Waals surface area contributed by atoms with E-state index < -0.39 is 0 Å². The molecule has 1 heterocycles. The zero-order chi connectivity index (χ0) is 10.1. The van der Waals surface area contributed by atoms with Crippen LogP contribution in [-0.2, 0) is 0 Å². The minimum Gasteiger partial charge on any atom is -0.504 e. The third-order valence-corrected chi connectivity index (χ3v) is 2.19. The van der Waals surface area contributed by atoms with Crippen LogP contribution in [-0.4, -0.2) is 10.1 Å². The molecule has 0 bridgehead atoms. The fourth-order valence-electron chi connectivity index (χ4n) is 1.49. The number of phenols is 1. The summed E-state index contributed by atoms with van der Waals surface area (Å²) in [6.45, 7) is 1.89. The lowest BCUT2D eigenvalue weighted by molar-refractivity contribution is 0.478. The largest absolute Gasteiger partial charge is 0.504 e. The van der Waals surface area contributed by atoms with Crippen molar-refractivity contribution in [1.82, 2.24) is 4.98 Å². The van der Waals surface area contributed by atoms with Gasteiger partial charge < -0.3 is 5.11 Å². The maximum Gasteiger partial charge on any atom is 0.159 e. The van der Waals surface area contributed by atoms with E-state index in [4.69, 9.17) is 5.26 Å². The summed E-state index contributed by atoms with van der Waals surface area (Å²) in [6.07, 6.45) is 1.60. The number of hydrogen-bond acceptors (Lipinski definition) is 3. The molecule has 1 aromatic heterocycles. The van der Waals surface area contributed by atoms with Crippen LogP contribution in [0.15, 0.2) is 24.4 Å². The predicted octanol–water partition coefficient (Wildman–Crippen LogP) is 2.12. The Bertz CT molecular complexity index is 541. The maximum absolute atomic E-state index is 9.69. The van der Waals surface area contributed by atoms with Crippen LogP contribution in [0.5, 0.6) is 5.75 Å². The number of hydrogen-bond donors (Lipinski definition) is 1. The molecule has 0 spiro atoms. The van der Waals surface area contributed by atoms with Gasteiger partial charge in [0.2, 0.25) is 0 Å². The Kier molecular flexibility index (Phi) is 1.83. The normalized spacial score (nSPS) is 10.0. The number of benzene rings is 1. The predicted molar refractivity (Wildman–Crippen MR) is 52.9 cm³/mol. The lowest BCUT2D eigenvalue weighted by atomic mass is 10.1. The van der Waals surface area contributed by atoms with Crippen molar-refractivity contribution >= 4 is 10.9 Å². The Hall–Kier alpha value is -2.08. The van der Waals surface area contributed by atoms with Gasteiger partial charge in [-0.15, -0.1) is 0 Å². The number of nitriles is 1. The summed E-state index contributed by atoms with van der Waals surface area (Å²) in [5.41, 5.74) is 1.71. The molecule has 2 aromatic rings. The van der Waals surface area contributed by atoms with Crippen LogP contribution in [0, 0.1) is 18.3 Å². The van der Waals surface area contributed by atoms with E-state index in [1.807, 2.05) is 19.1 Å². The number of fused-ring (bicyclic) bond motifs is 1. The van der Waals surface area contributed by atoms with Crippen molar-refractivity contribution in [1.29, 1.82) is 5.26 Å². The summed E-state index contributed by atoms with van der Waals surface area (Å²) in [4.78, 5) is 4.05. The van der Waals surface area contributed by atoms with Crippen LogP contribution in [0.3, 0.4) is 0 Å². The molecular weight excluding hydrogens is 176 g/mol. The standard InChI is InChI=1S/C11H8N2O/c1-7-5-8(6-12)11(14)10-9(7)3-2-4-13-10/h2-5,14H,1H3. The molecule has 0 unspecified atom stereocenters. The molecule has 1 aromatic carbocycles. The van der Waals surface area contributed by atoms with E-state index in [-0.39, 0.29) is 11.3 Å². The average Bonchev–Trinajstić information content (AvgIpc) is 2.23. The van der Waals surface area contributed by atoms with E-state index in [0.29, 0.717) is 5.52 Å². The van der Waals surface area contributed by atoms with Gasteiger partial charge in [-0.2, -0.15) is 5.26 Å². The van der Waals surface area contributed by atoms with Gasteiger partial charge in [-0.05, 0) is 24.6 Å². The number of rotatable bonds is 0. The Labute approximate surface area is 81.2 Å². The molecule has 0 fully saturated rings. The molecule has 0 amide bonds. The van der Waals surface area contributed by atoms with Crippen molar-refractivity contribution in [2.24, 2.45) is 0 Å². The second kappa shape index (κ2) is 3.00. The molecule has 0 saturated heterocycles. The Balaban J connectivity index is 2.96. The van der Waals surface area contributed by atoms with Gasteiger partial charge in [0.1, 0.15) is 11.6 Å². The van der Waals surface area contributed by atoms with Crippen LogP contribution in [0.4, 0.5) is 0 Å². The van der Waals surface area contributed by atoms with Crippen molar-refractivity contribution in [2.45, 2.75) is 6.92 Å². The zero-order valence-corrected chi connectivity index (χ0v) is 7.65. The third kappa shape index (κ3) is 1.09. The fraction of sp³-hybridized carbons (Fsp3) is 0.0909. The summed E-state index contributed by atoms with van der Waals surface area (Å²) in [5, 5.41) is 19.3. The summed E-state index contributed by atoms with van der Waals surface area (Å²) < 4.78 is 0. The molecule has 2 rings (SSSR count). The van der Waals surface area contributed by atoms with E-state index in [1.165, 1.54) is 0 Å². The molecular formula is C11H8N2O. The SMILES string of the molecule is Cc1cc(C#N)c(O)c2ncccc12. The molecule has 0 atom stereocenters. The molecule has 0 aliphatic rings. The third-order valence-electron chi connectivity index (χ3n) is 2.19. The lowest BCUT2D eigenvalue weighted by Crippen LogP contribution is -1.86. The van der Waals surface area contributed by atoms with Crippen molar-refractivity contribution < 1.29 is 5.11 Å². The Morgan fingerprint density at radius 1 is 1.50 bits per heavy atom. The number of pyridine rings is 1. The molecule has 3 heteroatoms. The number of aromatic hydroxyl groups is 1. The van der Waals surface area contributed by atoms with E-state index in [0.717, 1.165) is 10.9 Å². The Morgan fingerprint density at radius 3 is 3.00 bits per heavy atom. The van der Waals surface area contributed by atoms with Gasteiger partial charge in [0.15, 0.2) is 5.75 Å². The first-order valence-electron chi connectivity index (χ1n) is 4.21. The van der Waals surface area contributed by atoms with E-state index >= 15 is 0 Å². The summed E-state index contributed by atoms with van der Waals surface area (Å²) in [6, 6.07) is 7.28. The van der Waals surface area contributed by atoms with Crippen molar-refractivity contribution in [3.63, 3.8) is 0 Å². The molecule has 14 heavy (non-hydrogen) atoms. The Morgan fingerprint density at radius 2 is 2.29 bits per heavy atom. The number of phenolic OH excluding ortho intramolecular Hbond substituents is 1. The molecule has 0 saturated carbocycles. The first-order chi connectivity index (χ1) is 6.74. The van der Waals surface area contributed by atoms with Gasteiger partial charge in [0.25, 0.3) is 0 Å². The molecule has 1 N–H and O–H groups in total.